The van der Waals surface area contributed by atoms with E-state index in [1.807, 2.05) is 54.6 Å². The van der Waals surface area contributed by atoms with Crippen molar-refractivity contribution in [1.82, 2.24) is 4.98 Å². The number of thioether (sulfide) groups is 1. The summed E-state index contributed by atoms with van der Waals surface area (Å²) in [5.41, 5.74) is 2.10. The van der Waals surface area contributed by atoms with Crippen LogP contribution in [-0.4, -0.2) is 33.0 Å². The normalized spacial score (nSPS) is 11.8. The number of hydrogen-bond acceptors (Lipinski definition) is 5. The van der Waals surface area contributed by atoms with E-state index in [-0.39, 0.29) is 11.7 Å². The zero-order valence-electron chi connectivity index (χ0n) is 15.4. The average molecular weight is 491 g/mol. The van der Waals surface area contributed by atoms with Crippen LogP contribution in [0.2, 0.25) is 0 Å². The molecule has 0 unspecified atom stereocenters. The minimum atomic E-state index is -0.926. The summed E-state index contributed by atoms with van der Waals surface area (Å²) >= 11 is 5.91. The number of carboxylic acids is 1. The molecule has 0 aliphatic carbocycles. The van der Waals surface area contributed by atoms with Gasteiger partial charge < -0.3 is 10.4 Å². The maximum Gasteiger partial charge on any atom is 0.316 e. The van der Waals surface area contributed by atoms with Crippen molar-refractivity contribution < 1.29 is 14.7 Å². The number of amides is 1. The number of hydrogen-bond donors (Lipinski definition) is 2. The summed E-state index contributed by atoms with van der Waals surface area (Å²) in [6.45, 7) is 0. The van der Waals surface area contributed by atoms with Crippen molar-refractivity contribution in [2.45, 2.75) is 18.1 Å². The topological polar surface area (TPSA) is 79.3 Å². The summed E-state index contributed by atoms with van der Waals surface area (Å²) in [5, 5.41) is 12.1. The first-order valence-electron chi connectivity index (χ1n) is 8.87. The lowest BCUT2D eigenvalue weighted by atomic mass is 10.1. The number of benzene rings is 2. The molecule has 1 amide bonds. The summed E-state index contributed by atoms with van der Waals surface area (Å²) in [6.07, 6.45) is 2.88. The Morgan fingerprint density at radius 2 is 1.83 bits per heavy atom. The average Bonchev–Trinajstić information content (AvgIpc) is 3.13. The number of halogens is 1. The Balaban J connectivity index is 1.50. The quantitative estimate of drug-likeness (QED) is 0.447. The van der Waals surface area contributed by atoms with Crippen molar-refractivity contribution in [3.05, 3.63) is 81.3 Å². The van der Waals surface area contributed by atoms with E-state index in [1.165, 1.54) is 16.9 Å². The van der Waals surface area contributed by atoms with Crippen LogP contribution in [-0.2, 0) is 22.4 Å². The second kappa shape index (κ2) is 10.6. The Morgan fingerprint density at radius 1 is 1.10 bits per heavy atom. The molecule has 2 N–H and O–H groups in total. The molecular formula is C21H19BrN2O3S2. The molecule has 0 spiro atoms. The first kappa shape index (κ1) is 21.5. The van der Waals surface area contributed by atoms with E-state index in [2.05, 4.69) is 26.2 Å². The summed E-state index contributed by atoms with van der Waals surface area (Å²) < 4.78 is 0.940. The number of nitrogens with one attached hydrogen (secondary N) is 1. The molecule has 0 aliphatic rings. The van der Waals surface area contributed by atoms with Crippen molar-refractivity contribution >= 4 is 56.0 Å². The molecule has 0 saturated carbocycles. The molecule has 1 heterocycles. The van der Waals surface area contributed by atoms with Gasteiger partial charge in [-0.05, 0) is 29.7 Å². The summed E-state index contributed by atoms with van der Waals surface area (Å²) in [7, 11) is 0. The van der Waals surface area contributed by atoms with Crippen LogP contribution < -0.4 is 5.32 Å². The Kier molecular flexibility index (Phi) is 7.85. The SMILES string of the molecule is O=C(CS[C@H](Cc1ccc(Br)cc1)C(=O)O)Nc1ncc(Cc2ccccc2)s1. The molecule has 0 fully saturated rings. The largest absolute Gasteiger partial charge is 0.480 e. The van der Waals surface area contributed by atoms with E-state index in [9.17, 15) is 14.7 Å². The fraction of sp³-hybridized carbons (Fsp3) is 0.190. The predicted molar refractivity (Wildman–Crippen MR) is 122 cm³/mol. The van der Waals surface area contributed by atoms with E-state index in [0.717, 1.165) is 33.1 Å². The maximum absolute atomic E-state index is 12.2. The Morgan fingerprint density at radius 3 is 2.52 bits per heavy atom. The minimum absolute atomic E-state index is 0.0566. The van der Waals surface area contributed by atoms with E-state index < -0.39 is 11.2 Å². The molecule has 1 atom stereocenters. The van der Waals surface area contributed by atoms with E-state index >= 15 is 0 Å². The number of thiazole rings is 1. The number of carbonyl (C=O) groups excluding carboxylic acids is 1. The second-order valence-electron chi connectivity index (χ2n) is 6.31. The third kappa shape index (κ3) is 6.99. The Bertz CT molecular complexity index is 962. The minimum Gasteiger partial charge on any atom is -0.480 e. The standard InChI is InChI=1S/C21H19BrN2O3S2/c22-16-8-6-15(7-9-16)11-18(20(26)27)28-13-19(25)24-21-23-12-17(29-21)10-14-4-2-1-3-5-14/h1-9,12,18H,10-11,13H2,(H,26,27)(H,23,24,25)/t18-/m1/s1. The fourth-order valence-corrected chi connectivity index (χ4v) is 4.63. The highest BCUT2D eigenvalue weighted by atomic mass is 79.9. The third-order valence-electron chi connectivity index (χ3n) is 4.05. The van der Waals surface area contributed by atoms with Crippen LogP contribution in [0.25, 0.3) is 0 Å². The van der Waals surface area contributed by atoms with Crippen molar-refractivity contribution in [3.63, 3.8) is 0 Å². The van der Waals surface area contributed by atoms with Gasteiger partial charge in [0.1, 0.15) is 5.25 Å². The van der Waals surface area contributed by atoms with Crippen LogP contribution in [0.4, 0.5) is 5.13 Å². The van der Waals surface area contributed by atoms with Gasteiger partial charge in [-0.25, -0.2) is 4.98 Å². The molecule has 0 saturated heterocycles. The van der Waals surface area contributed by atoms with E-state index in [4.69, 9.17) is 0 Å². The Labute approximate surface area is 185 Å². The molecular weight excluding hydrogens is 472 g/mol. The molecule has 0 aliphatic heterocycles. The highest BCUT2D eigenvalue weighted by Crippen LogP contribution is 2.23. The molecule has 0 bridgehead atoms. The molecule has 5 nitrogen and oxygen atoms in total. The number of aliphatic carboxylic acids is 1. The monoisotopic (exact) mass is 490 g/mol. The van der Waals surface area contributed by atoms with Crippen LogP contribution in [0.15, 0.2) is 65.3 Å². The molecule has 150 valence electrons. The van der Waals surface area contributed by atoms with Crippen molar-refractivity contribution in [1.29, 1.82) is 0 Å². The predicted octanol–water partition coefficient (Wildman–Crippen LogP) is 4.86. The highest BCUT2D eigenvalue weighted by molar-refractivity contribution is 9.10. The first-order chi connectivity index (χ1) is 14.0. The van der Waals surface area contributed by atoms with Gasteiger partial charge in [-0.1, -0.05) is 58.4 Å². The molecule has 29 heavy (non-hydrogen) atoms. The van der Waals surface area contributed by atoms with Gasteiger partial charge in [0.15, 0.2) is 5.13 Å². The van der Waals surface area contributed by atoms with Crippen LogP contribution in [0, 0.1) is 0 Å². The highest BCUT2D eigenvalue weighted by Gasteiger charge is 2.20. The number of nitrogens with zero attached hydrogens (tertiary/aromatic N) is 1. The van der Waals surface area contributed by atoms with Crippen LogP contribution in [0.3, 0.4) is 0 Å². The third-order valence-corrected chi connectivity index (χ3v) is 6.69. The van der Waals surface area contributed by atoms with Crippen molar-refractivity contribution in [3.8, 4) is 0 Å². The zero-order valence-corrected chi connectivity index (χ0v) is 18.6. The van der Waals surface area contributed by atoms with Crippen LogP contribution >= 0.6 is 39.0 Å². The van der Waals surface area contributed by atoms with Crippen LogP contribution in [0.5, 0.6) is 0 Å². The molecule has 3 rings (SSSR count). The smallest absolute Gasteiger partial charge is 0.316 e. The fourth-order valence-electron chi connectivity index (χ4n) is 2.63. The lowest BCUT2D eigenvalue weighted by molar-refractivity contribution is -0.136. The van der Waals surface area contributed by atoms with Gasteiger partial charge in [-0.3, -0.25) is 9.59 Å². The van der Waals surface area contributed by atoms with Gasteiger partial charge >= 0.3 is 5.97 Å². The number of anilines is 1. The summed E-state index contributed by atoms with van der Waals surface area (Å²) in [5.74, 6) is -1.12. The molecule has 2 aromatic carbocycles. The molecule has 8 heteroatoms. The zero-order chi connectivity index (χ0) is 20.6. The van der Waals surface area contributed by atoms with Gasteiger partial charge in [-0.15, -0.1) is 23.1 Å². The molecule has 1 aromatic heterocycles. The molecule has 3 aromatic rings. The van der Waals surface area contributed by atoms with Crippen LogP contribution in [0.1, 0.15) is 16.0 Å². The first-order valence-corrected chi connectivity index (χ1v) is 11.5. The summed E-state index contributed by atoms with van der Waals surface area (Å²) in [4.78, 5) is 29.1. The van der Waals surface area contributed by atoms with Crippen molar-refractivity contribution in [2.75, 3.05) is 11.1 Å². The van der Waals surface area contributed by atoms with Gasteiger partial charge in [0.2, 0.25) is 5.91 Å². The lowest BCUT2D eigenvalue weighted by Crippen LogP contribution is -2.23. The maximum atomic E-state index is 12.2. The van der Waals surface area contributed by atoms with Crippen molar-refractivity contribution in [2.24, 2.45) is 0 Å². The Hall–Kier alpha value is -2.16. The van der Waals surface area contributed by atoms with Gasteiger partial charge in [0.05, 0.1) is 5.75 Å². The van der Waals surface area contributed by atoms with Gasteiger partial charge in [0.25, 0.3) is 0 Å². The van der Waals surface area contributed by atoms with E-state index in [1.54, 1.807) is 6.20 Å². The molecule has 0 radical (unpaired) electrons. The van der Waals surface area contributed by atoms with Gasteiger partial charge in [0, 0.05) is 22.0 Å². The number of carboxylic acid groups (broad SMARTS) is 1. The van der Waals surface area contributed by atoms with Gasteiger partial charge in [-0.2, -0.15) is 0 Å². The number of carbonyl (C=O) groups is 2. The number of rotatable bonds is 9. The number of aromatic nitrogens is 1. The second-order valence-corrected chi connectivity index (χ2v) is 9.53. The van der Waals surface area contributed by atoms with E-state index in [0.29, 0.717) is 11.6 Å². The summed E-state index contributed by atoms with van der Waals surface area (Å²) in [6, 6.07) is 17.6. The lowest BCUT2D eigenvalue weighted by Gasteiger charge is -2.12.